The third-order valence-corrected chi connectivity index (χ3v) is 4.36. The maximum atomic E-state index is 4.53. The SMILES string of the molecule is c1cnn(-c2cncc(NCC3CN(c4ccc5nncn5n4)C3)n2)c1. The number of nitrogens with one attached hydrogen (secondary N) is 1. The Labute approximate surface area is 148 Å². The lowest BCUT2D eigenvalue weighted by Gasteiger charge is -2.40. The first kappa shape index (κ1) is 14.8. The molecule has 26 heavy (non-hydrogen) atoms. The fourth-order valence-electron chi connectivity index (χ4n) is 2.98. The molecule has 0 aliphatic carbocycles. The second-order valence-corrected chi connectivity index (χ2v) is 6.19. The molecule has 0 unspecified atom stereocenters. The van der Waals surface area contributed by atoms with Crippen molar-refractivity contribution in [1.29, 1.82) is 0 Å². The van der Waals surface area contributed by atoms with E-state index in [1.807, 2.05) is 24.4 Å². The van der Waals surface area contributed by atoms with Gasteiger partial charge in [0.05, 0.1) is 12.4 Å². The Morgan fingerprint density at radius 3 is 3.00 bits per heavy atom. The van der Waals surface area contributed by atoms with Crippen LogP contribution in [0.1, 0.15) is 0 Å². The average Bonchev–Trinajstić information content (AvgIpc) is 3.32. The highest BCUT2D eigenvalue weighted by Gasteiger charge is 2.28. The Balaban J connectivity index is 1.18. The van der Waals surface area contributed by atoms with E-state index >= 15 is 0 Å². The van der Waals surface area contributed by atoms with Crippen LogP contribution < -0.4 is 10.2 Å². The molecule has 1 aliphatic rings. The third-order valence-electron chi connectivity index (χ3n) is 4.36. The molecule has 0 saturated carbocycles. The predicted octanol–water partition coefficient (Wildman–Crippen LogP) is 0.648. The van der Waals surface area contributed by atoms with Gasteiger partial charge in [-0.3, -0.25) is 4.98 Å². The Morgan fingerprint density at radius 1 is 1.15 bits per heavy atom. The summed E-state index contributed by atoms with van der Waals surface area (Å²) in [5.74, 6) is 2.92. The summed E-state index contributed by atoms with van der Waals surface area (Å²) >= 11 is 0. The van der Waals surface area contributed by atoms with Crippen molar-refractivity contribution >= 4 is 17.3 Å². The number of anilines is 2. The number of aromatic nitrogens is 8. The normalized spacial score (nSPS) is 14.5. The molecule has 0 aromatic carbocycles. The van der Waals surface area contributed by atoms with Gasteiger partial charge in [0.25, 0.3) is 0 Å². The lowest BCUT2D eigenvalue weighted by molar-refractivity contribution is 0.424. The molecule has 1 saturated heterocycles. The third kappa shape index (κ3) is 2.70. The zero-order chi connectivity index (χ0) is 17.3. The smallest absolute Gasteiger partial charge is 0.177 e. The molecule has 5 rings (SSSR count). The van der Waals surface area contributed by atoms with Crippen LogP contribution in [0.25, 0.3) is 11.5 Å². The molecular formula is C16H16N10. The van der Waals surface area contributed by atoms with Gasteiger partial charge in [-0.25, -0.2) is 9.67 Å². The molecule has 130 valence electrons. The monoisotopic (exact) mass is 348 g/mol. The molecule has 1 aliphatic heterocycles. The van der Waals surface area contributed by atoms with Crippen molar-refractivity contribution in [2.45, 2.75) is 0 Å². The maximum absolute atomic E-state index is 4.53. The molecule has 0 atom stereocenters. The summed E-state index contributed by atoms with van der Waals surface area (Å²) in [7, 11) is 0. The summed E-state index contributed by atoms with van der Waals surface area (Å²) < 4.78 is 3.38. The van der Waals surface area contributed by atoms with Gasteiger partial charge in [0.15, 0.2) is 11.5 Å². The molecule has 0 radical (unpaired) electrons. The van der Waals surface area contributed by atoms with Crippen molar-refractivity contribution < 1.29 is 0 Å². The van der Waals surface area contributed by atoms with Crippen LogP contribution in [0.2, 0.25) is 0 Å². The highest BCUT2D eigenvalue weighted by Crippen LogP contribution is 2.23. The van der Waals surface area contributed by atoms with Crippen LogP contribution in [0, 0.1) is 5.92 Å². The summed E-state index contributed by atoms with van der Waals surface area (Å²) in [5, 5.41) is 19.9. The van der Waals surface area contributed by atoms with Gasteiger partial charge >= 0.3 is 0 Å². The number of nitrogens with zero attached hydrogens (tertiary/aromatic N) is 9. The van der Waals surface area contributed by atoms with E-state index in [0.717, 1.165) is 36.9 Å². The van der Waals surface area contributed by atoms with E-state index in [4.69, 9.17) is 0 Å². The van der Waals surface area contributed by atoms with Crippen LogP contribution in [-0.4, -0.2) is 59.2 Å². The van der Waals surface area contributed by atoms with E-state index < -0.39 is 0 Å². The highest BCUT2D eigenvalue weighted by molar-refractivity contribution is 5.47. The van der Waals surface area contributed by atoms with Crippen molar-refractivity contribution in [2.75, 3.05) is 29.9 Å². The van der Waals surface area contributed by atoms with Gasteiger partial charge in [-0.15, -0.1) is 15.3 Å². The molecule has 10 nitrogen and oxygen atoms in total. The lowest BCUT2D eigenvalue weighted by Crippen LogP contribution is -2.50. The fraction of sp³-hybridized carbons (Fsp3) is 0.250. The summed E-state index contributed by atoms with van der Waals surface area (Å²) in [4.78, 5) is 11.0. The van der Waals surface area contributed by atoms with E-state index in [9.17, 15) is 0 Å². The molecule has 0 spiro atoms. The lowest BCUT2D eigenvalue weighted by atomic mass is 10.0. The van der Waals surface area contributed by atoms with Crippen LogP contribution in [-0.2, 0) is 0 Å². The van der Waals surface area contributed by atoms with Crippen LogP contribution in [0.5, 0.6) is 0 Å². The fourth-order valence-corrected chi connectivity index (χ4v) is 2.98. The maximum Gasteiger partial charge on any atom is 0.177 e. The van der Waals surface area contributed by atoms with Gasteiger partial charge in [-0.1, -0.05) is 0 Å². The minimum absolute atomic E-state index is 0.531. The standard InChI is InChI=1S/C16H16N10/c1-4-20-25(5-1)16-8-17-7-13(21-16)18-6-12-9-24(10-12)15-3-2-14-22-19-11-26(14)23-15/h1-5,7-8,11-12H,6,9-10H2,(H,18,21). The number of hydrogen-bond donors (Lipinski definition) is 1. The van der Waals surface area contributed by atoms with Crippen LogP contribution in [0.4, 0.5) is 11.6 Å². The van der Waals surface area contributed by atoms with Crippen molar-refractivity contribution in [1.82, 2.24) is 39.6 Å². The Bertz CT molecular complexity index is 1020. The molecule has 0 bridgehead atoms. The quantitative estimate of drug-likeness (QED) is 0.561. The molecular weight excluding hydrogens is 332 g/mol. The summed E-state index contributed by atoms with van der Waals surface area (Å²) in [6.07, 6.45) is 8.59. The van der Waals surface area contributed by atoms with Crippen LogP contribution >= 0.6 is 0 Å². The summed E-state index contributed by atoms with van der Waals surface area (Å²) in [6, 6.07) is 5.76. The molecule has 0 amide bonds. The van der Waals surface area contributed by atoms with Crippen molar-refractivity contribution in [3.05, 3.63) is 49.3 Å². The molecule has 1 fully saturated rings. The Hall–Kier alpha value is -3.56. The van der Waals surface area contributed by atoms with Gasteiger partial charge in [-0.2, -0.15) is 9.61 Å². The van der Waals surface area contributed by atoms with Gasteiger partial charge in [0, 0.05) is 37.9 Å². The van der Waals surface area contributed by atoms with Crippen LogP contribution in [0.3, 0.4) is 0 Å². The number of fused-ring (bicyclic) bond motifs is 1. The van der Waals surface area contributed by atoms with E-state index in [1.165, 1.54) is 0 Å². The second kappa shape index (κ2) is 6.06. The number of rotatable bonds is 5. The van der Waals surface area contributed by atoms with Crippen molar-refractivity contribution in [3.8, 4) is 5.82 Å². The summed E-state index contributed by atoms with van der Waals surface area (Å²) in [6.45, 7) is 2.72. The topological polar surface area (TPSA) is 102 Å². The summed E-state index contributed by atoms with van der Waals surface area (Å²) in [5.41, 5.74) is 0.753. The molecule has 1 N–H and O–H groups in total. The van der Waals surface area contributed by atoms with E-state index in [-0.39, 0.29) is 0 Å². The molecule has 10 heteroatoms. The molecule has 4 aromatic heterocycles. The predicted molar refractivity (Wildman–Crippen MR) is 94.1 cm³/mol. The van der Waals surface area contributed by atoms with Crippen molar-refractivity contribution in [3.63, 3.8) is 0 Å². The second-order valence-electron chi connectivity index (χ2n) is 6.19. The van der Waals surface area contributed by atoms with Gasteiger partial charge < -0.3 is 10.2 Å². The zero-order valence-electron chi connectivity index (χ0n) is 13.8. The Kier molecular flexibility index (Phi) is 3.44. The molecule has 5 heterocycles. The van der Waals surface area contributed by atoms with Gasteiger partial charge in [0.2, 0.25) is 0 Å². The highest BCUT2D eigenvalue weighted by atomic mass is 15.4. The first-order valence-electron chi connectivity index (χ1n) is 8.33. The minimum atomic E-state index is 0.531. The minimum Gasteiger partial charge on any atom is -0.368 e. The largest absolute Gasteiger partial charge is 0.368 e. The van der Waals surface area contributed by atoms with Gasteiger partial charge in [0.1, 0.15) is 18.0 Å². The first-order chi connectivity index (χ1) is 12.8. The Morgan fingerprint density at radius 2 is 2.12 bits per heavy atom. The van der Waals surface area contributed by atoms with Crippen molar-refractivity contribution in [2.24, 2.45) is 5.92 Å². The van der Waals surface area contributed by atoms with Gasteiger partial charge in [-0.05, 0) is 18.2 Å². The van der Waals surface area contributed by atoms with E-state index in [0.29, 0.717) is 11.7 Å². The first-order valence-corrected chi connectivity index (χ1v) is 8.33. The average molecular weight is 348 g/mol. The number of hydrogen-bond acceptors (Lipinski definition) is 8. The zero-order valence-corrected chi connectivity index (χ0v) is 13.8. The van der Waals surface area contributed by atoms with Crippen LogP contribution in [0.15, 0.2) is 49.3 Å². The van der Waals surface area contributed by atoms with E-state index in [1.54, 1.807) is 34.1 Å². The molecule has 4 aromatic rings. The van der Waals surface area contributed by atoms with E-state index in [2.05, 4.69) is 40.6 Å².